The molecule has 0 saturated carbocycles. The second-order valence-electron chi connectivity index (χ2n) is 3.07. The molecule has 1 heterocycles. The molecular weight excluding hydrogens is 186 g/mol. The molecule has 0 aliphatic rings. The number of aryl methyl sites for hydroxylation is 1. The Balaban J connectivity index is 2.53. The summed E-state index contributed by atoms with van der Waals surface area (Å²) in [7, 11) is 0. The van der Waals surface area contributed by atoms with Gasteiger partial charge >= 0.3 is 0 Å². The van der Waals surface area contributed by atoms with Crippen LogP contribution in [0.3, 0.4) is 0 Å². The first-order valence-electron chi connectivity index (χ1n) is 4.17. The van der Waals surface area contributed by atoms with E-state index in [-0.39, 0.29) is 6.04 Å². The minimum absolute atomic E-state index is 0.245. The maximum Gasteiger partial charge on any atom is 0.0537 e. The van der Waals surface area contributed by atoms with E-state index in [1.807, 2.05) is 13.1 Å². The van der Waals surface area contributed by atoms with Crippen molar-refractivity contribution in [3.8, 4) is 0 Å². The first-order valence-corrected chi connectivity index (χ1v) is 4.55. The Kier molecular flexibility index (Phi) is 3.51. The average Bonchev–Trinajstić information content (AvgIpc) is 2.47. The Morgan fingerprint density at radius 2 is 2.54 bits per heavy atom. The first kappa shape index (κ1) is 10.3. The molecule has 0 spiro atoms. The van der Waals surface area contributed by atoms with Gasteiger partial charge in [-0.05, 0) is 13.8 Å². The van der Waals surface area contributed by atoms with Crippen molar-refractivity contribution < 1.29 is 0 Å². The van der Waals surface area contributed by atoms with Gasteiger partial charge < -0.3 is 5.32 Å². The van der Waals surface area contributed by atoms with Gasteiger partial charge in [0.1, 0.15) is 0 Å². The summed E-state index contributed by atoms with van der Waals surface area (Å²) in [6.45, 7) is 8.29. The quantitative estimate of drug-likeness (QED) is 0.780. The van der Waals surface area contributed by atoms with Gasteiger partial charge in [0.05, 0.1) is 6.20 Å². The summed E-state index contributed by atoms with van der Waals surface area (Å²) in [4.78, 5) is 0. The smallest absolute Gasteiger partial charge is 0.0537 e. The van der Waals surface area contributed by atoms with Crippen LogP contribution in [-0.2, 0) is 0 Å². The molecule has 1 rings (SSSR count). The Bertz CT molecular complexity index is 293. The van der Waals surface area contributed by atoms with Crippen LogP contribution in [0, 0.1) is 6.92 Å². The van der Waals surface area contributed by atoms with Crippen molar-refractivity contribution >= 4 is 11.6 Å². The lowest BCUT2D eigenvalue weighted by Gasteiger charge is -2.11. The molecule has 72 valence electrons. The molecule has 0 saturated heterocycles. The van der Waals surface area contributed by atoms with Gasteiger partial charge in [-0.25, -0.2) is 0 Å². The van der Waals surface area contributed by atoms with Gasteiger partial charge in [-0.1, -0.05) is 18.2 Å². The molecule has 0 aliphatic carbocycles. The second kappa shape index (κ2) is 4.44. The highest BCUT2D eigenvalue weighted by molar-refractivity contribution is 6.29. The highest BCUT2D eigenvalue weighted by Gasteiger charge is 2.08. The molecule has 0 bridgehead atoms. The van der Waals surface area contributed by atoms with Crippen LogP contribution < -0.4 is 5.32 Å². The van der Waals surface area contributed by atoms with Crippen molar-refractivity contribution in [2.75, 3.05) is 6.54 Å². The fourth-order valence-electron chi connectivity index (χ4n) is 1.17. The van der Waals surface area contributed by atoms with Crippen LogP contribution in [0.4, 0.5) is 0 Å². The fourth-order valence-corrected chi connectivity index (χ4v) is 1.25. The fraction of sp³-hybridized carbons (Fsp3) is 0.444. The highest BCUT2D eigenvalue weighted by Crippen LogP contribution is 2.14. The van der Waals surface area contributed by atoms with Crippen LogP contribution in [-0.4, -0.2) is 16.7 Å². The predicted molar refractivity (Wildman–Crippen MR) is 54.7 cm³/mol. The minimum Gasteiger partial charge on any atom is -0.305 e. The lowest BCUT2D eigenvalue weighted by Crippen LogP contribution is -2.20. The largest absolute Gasteiger partial charge is 0.305 e. The van der Waals surface area contributed by atoms with Crippen molar-refractivity contribution in [3.05, 3.63) is 29.1 Å². The SMILES string of the molecule is C=C(Cl)CNC(C)c1cn[nH]c1C. The molecule has 13 heavy (non-hydrogen) atoms. The summed E-state index contributed by atoms with van der Waals surface area (Å²) in [6, 6.07) is 0.245. The van der Waals surface area contributed by atoms with E-state index in [0.29, 0.717) is 11.6 Å². The summed E-state index contributed by atoms with van der Waals surface area (Å²) >= 11 is 5.64. The van der Waals surface area contributed by atoms with Crippen molar-refractivity contribution in [1.82, 2.24) is 15.5 Å². The van der Waals surface area contributed by atoms with Crippen LogP contribution in [0.25, 0.3) is 0 Å². The molecule has 0 amide bonds. The normalized spacial score (nSPS) is 12.8. The number of hydrogen-bond donors (Lipinski definition) is 2. The lowest BCUT2D eigenvalue weighted by atomic mass is 10.1. The number of H-pyrrole nitrogens is 1. The second-order valence-corrected chi connectivity index (χ2v) is 3.60. The van der Waals surface area contributed by atoms with Gasteiger partial charge in [0.25, 0.3) is 0 Å². The Labute approximate surface area is 83.2 Å². The van der Waals surface area contributed by atoms with E-state index >= 15 is 0 Å². The van der Waals surface area contributed by atoms with E-state index < -0.39 is 0 Å². The van der Waals surface area contributed by atoms with Crippen LogP contribution in [0.15, 0.2) is 17.8 Å². The van der Waals surface area contributed by atoms with Crippen LogP contribution in [0.5, 0.6) is 0 Å². The molecule has 0 fully saturated rings. The zero-order chi connectivity index (χ0) is 9.84. The minimum atomic E-state index is 0.245. The number of rotatable bonds is 4. The molecule has 1 atom stereocenters. The first-order chi connectivity index (χ1) is 6.11. The molecule has 1 aromatic rings. The van der Waals surface area contributed by atoms with Crippen molar-refractivity contribution in [3.63, 3.8) is 0 Å². The van der Waals surface area contributed by atoms with Crippen molar-refractivity contribution in [1.29, 1.82) is 0 Å². The van der Waals surface area contributed by atoms with Crippen LogP contribution in [0.2, 0.25) is 0 Å². The highest BCUT2D eigenvalue weighted by atomic mass is 35.5. The van der Waals surface area contributed by atoms with Gasteiger partial charge in [-0.3, -0.25) is 5.10 Å². The monoisotopic (exact) mass is 199 g/mol. The van der Waals surface area contributed by atoms with E-state index in [4.69, 9.17) is 11.6 Å². The third-order valence-corrected chi connectivity index (χ3v) is 2.07. The topological polar surface area (TPSA) is 40.7 Å². The summed E-state index contributed by atoms with van der Waals surface area (Å²) in [5.41, 5.74) is 2.25. The summed E-state index contributed by atoms with van der Waals surface area (Å²) in [5.74, 6) is 0. The van der Waals surface area contributed by atoms with Crippen molar-refractivity contribution in [2.45, 2.75) is 19.9 Å². The van der Waals surface area contributed by atoms with Gasteiger partial charge in [-0.2, -0.15) is 5.10 Å². The van der Waals surface area contributed by atoms with Gasteiger partial charge in [0.2, 0.25) is 0 Å². The predicted octanol–water partition coefficient (Wildman–Crippen LogP) is 2.12. The summed E-state index contributed by atoms with van der Waals surface area (Å²) in [5, 5.41) is 10.7. The Hall–Kier alpha value is -0.800. The van der Waals surface area contributed by atoms with Crippen LogP contribution >= 0.6 is 11.6 Å². The standard InChI is InChI=1S/C9H14ClN3/c1-6(10)4-11-7(2)9-5-12-13-8(9)3/h5,7,11H,1,4H2,2-3H3,(H,12,13). The molecule has 3 nitrogen and oxygen atoms in total. The number of aromatic nitrogens is 2. The zero-order valence-corrected chi connectivity index (χ0v) is 8.65. The maximum absolute atomic E-state index is 5.64. The zero-order valence-electron chi connectivity index (χ0n) is 7.89. The number of nitrogens with zero attached hydrogens (tertiary/aromatic N) is 1. The van der Waals surface area contributed by atoms with E-state index in [1.54, 1.807) is 0 Å². The molecule has 4 heteroatoms. The van der Waals surface area contributed by atoms with Crippen molar-refractivity contribution in [2.24, 2.45) is 0 Å². The third-order valence-electron chi connectivity index (χ3n) is 1.94. The van der Waals surface area contributed by atoms with Gasteiger partial charge in [0, 0.05) is 28.9 Å². The lowest BCUT2D eigenvalue weighted by molar-refractivity contribution is 0.612. The van der Waals surface area contributed by atoms with E-state index in [0.717, 1.165) is 11.3 Å². The van der Waals surface area contributed by atoms with Crippen LogP contribution in [0.1, 0.15) is 24.2 Å². The molecular formula is C9H14ClN3. The average molecular weight is 200 g/mol. The Morgan fingerprint density at radius 1 is 1.85 bits per heavy atom. The molecule has 1 unspecified atom stereocenters. The molecule has 2 N–H and O–H groups in total. The molecule has 0 radical (unpaired) electrons. The maximum atomic E-state index is 5.64. The third kappa shape index (κ3) is 2.86. The number of aromatic amines is 1. The molecule has 0 aliphatic heterocycles. The summed E-state index contributed by atoms with van der Waals surface area (Å²) in [6.07, 6.45) is 1.82. The molecule has 0 aromatic carbocycles. The van der Waals surface area contributed by atoms with E-state index in [9.17, 15) is 0 Å². The number of nitrogens with one attached hydrogen (secondary N) is 2. The van der Waals surface area contributed by atoms with Gasteiger partial charge in [0.15, 0.2) is 0 Å². The van der Waals surface area contributed by atoms with E-state index in [2.05, 4.69) is 29.0 Å². The van der Waals surface area contributed by atoms with E-state index in [1.165, 1.54) is 0 Å². The van der Waals surface area contributed by atoms with Gasteiger partial charge in [-0.15, -0.1) is 0 Å². The number of hydrogen-bond acceptors (Lipinski definition) is 2. The Morgan fingerprint density at radius 3 is 3.00 bits per heavy atom. The summed E-state index contributed by atoms with van der Waals surface area (Å²) < 4.78 is 0. The number of halogens is 1. The molecule has 1 aromatic heterocycles.